The molecule has 1 unspecified atom stereocenters. The van der Waals surface area contributed by atoms with Gasteiger partial charge in [0.25, 0.3) is 0 Å². The van der Waals surface area contributed by atoms with E-state index in [1.165, 1.54) is 11.1 Å². The van der Waals surface area contributed by atoms with Gasteiger partial charge in [0.05, 0.1) is 12.1 Å². The molecule has 1 aliphatic heterocycles. The Bertz CT molecular complexity index is 535. The average Bonchev–Trinajstić information content (AvgIpc) is 3.15. The van der Waals surface area contributed by atoms with Crippen LogP contribution in [0.4, 0.5) is 4.39 Å². The zero-order valence-corrected chi connectivity index (χ0v) is 11.1. The van der Waals surface area contributed by atoms with Crippen LogP contribution in [-0.4, -0.2) is 11.4 Å². The molecule has 1 heterocycles. The molecule has 1 saturated heterocycles. The number of rotatable bonds is 4. The van der Waals surface area contributed by atoms with Gasteiger partial charge in [0, 0.05) is 0 Å². The summed E-state index contributed by atoms with van der Waals surface area (Å²) >= 11 is 0. The summed E-state index contributed by atoms with van der Waals surface area (Å²) in [5.41, 5.74) is 2.56. The Kier molecular flexibility index (Phi) is 3.34. The minimum absolute atomic E-state index is 0.164. The van der Waals surface area contributed by atoms with Crippen molar-refractivity contribution in [3.05, 3.63) is 71.5 Å². The van der Waals surface area contributed by atoms with Crippen molar-refractivity contribution in [2.45, 2.75) is 25.4 Å². The maximum absolute atomic E-state index is 13.0. The van der Waals surface area contributed by atoms with Crippen molar-refractivity contribution in [1.29, 1.82) is 0 Å². The second kappa shape index (κ2) is 5.14. The lowest BCUT2D eigenvalue weighted by molar-refractivity contribution is 0.481. The third kappa shape index (κ3) is 2.41. The van der Waals surface area contributed by atoms with Crippen molar-refractivity contribution < 1.29 is 4.39 Å². The van der Waals surface area contributed by atoms with Crippen LogP contribution in [0.2, 0.25) is 0 Å². The Morgan fingerprint density at radius 1 is 0.895 bits per heavy atom. The molecule has 1 nitrogen and oxygen atoms in total. The smallest absolute Gasteiger partial charge is 0.123 e. The monoisotopic (exact) mass is 255 g/mol. The van der Waals surface area contributed by atoms with E-state index in [-0.39, 0.29) is 5.82 Å². The molecule has 2 heteroatoms. The van der Waals surface area contributed by atoms with Crippen LogP contribution in [0, 0.1) is 5.82 Å². The lowest BCUT2D eigenvalue weighted by Crippen LogP contribution is -2.00. The Balaban J connectivity index is 1.86. The Morgan fingerprint density at radius 3 is 2.05 bits per heavy atom. The van der Waals surface area contributed by atoms with E-state index < -0.39 is 0 Å². The van der Waals surface area contributed by atoms with Gasteiger partial charge in [-0.3, -0.25) is 4.90 Å². The molecule has 0 spiro atoms. The molecule has 3 atom stereocenters. The van der Waals surface area contributed by atoms with Gasteiger partial charge < -0.3 is 0 Å². The quantitative estimate of drug-likeness (QED) is 0.735. The summed E-state index contributed by atoms with van der Waals surface area (Å²) in [7, 11) is 0. The molecular formula is C17H18FN. The van der Waals surface area contributed by atoms with E-state index in [4.69, 9.17) is 0 Å². The van der Waals surface area contributed by atoms with Crippen LogP contribution in [-0.2, 0) is 0 Å². The van der Waals surface area contributed by atoms with Gasteiger partial charge in [0.1, 0.15) is 5.82 Å². The summed E-state index contributed by atoms with van der Waals surface area (Å²) in [5, 5.41) is 0. The van der Waals surface area contributed by atoms with Crippen LogP contribution >= 0.6 is 0 Å². The molecule has 0 radical (unpaired) electrons. The summed E-state index contributed by atoms with van der Waals surface area (Å²) in [6.45, 7) is 3.28. The molecule has 0 N–H and O–H groups in total. The van der Waals surface area contributed by atoms with Crippen LogP contribution < -0.4 is 0 Å². The predicted molar refractivity (Wildman–Crippen MR) is 75.3 cm³/mol. The van der Waals surface area contributed by atoms with Crippen molar-refractivity contribution >= 4 is 0 Å². The fraction of sp³-hybridized carbons (Fsp3) is 0.294. The van der Waals surface area contributed by atoms with Gasteiger partial charge in [-0.1, -0.05) is 49.4 Å². The average molecular weight is 255 g/mol. The van der Waals surface area contributed by atoms with E-state index >= 15 is 0 Å². The highest BCUT2D eigenvalue weighted by Crippen LogP contribution is 2.54. The molecule has 19 heavy (non-hydrogen) atoms. The highest BCUT2D eigenvalue weighted by atomic mass is 19.1. The molecule has 3 rings (SSSR count). The minimum Gasteiger partial charge on any atom is -0.286 e. The Labute approximate surface area is 113 Å². The highest BCUT2D eigenvalue weighted by molar-refractivity contribution is 5.34. The fourth-order valence-electron chi connectivity index (χ4n) is 2.87. The summed E-state index contributed by atoms with van der Waals surface area (Å²) in [6.07, 6.45) is 1.14. The highest BCUT2D eigenvalue weighted by Gasteiger charge is 2.48. The Morgan fingerprint density at radius 2 is 1.47 bits per heavy atom. The van der Waals surface area contributed by atoms with E-state index in [2.05, 4.69) is 36.1 Å². The van der Waals surface area contributed by atoms with Crippen LogP contribution in [0.15, 0.2) is 54.6 Å². The van der Waals surface area contributed by atoms with Crippen LogP contribution in [0.5, 0.6) is 0 Å². The van der Waals surface area contributed by atoms with Gasteiger partial charge in [-0.25, -0.2) is 4.39 Å². The molecule has 0 aromatic heterocycles. The topological polar surface area (TPSA) is 3.01 Å². The first-order valence-electron chi connectivity index (χ1n) is 6.87. The number of hydrogen-bond donors (Lipinski definition) is 0. The lowest BCUT2D eigenvalue weighted by Gasteiger charge is -2.01. The fourth-order valence-corrected chi connectivity index (χ4v) is 2.87. The van der Waals surface area contributed by atoms with Crippen LogP contribution in [0.3, 0.4) is 0 Å². The largest absolute Gasteiger partial charge is 0.286 e. The third-order valence-corrected chi connectivity index (χ3v) is 3.76. The molecule has 98 valence electrons. The second-order valence-electron chi connectivity index (χ2n) is 5.09. The molecule has 1 aliphatic rings. The van der Waals surface area contributed by atoms with Crippen LogP contribution in [0.25, 0.3) is 0 Å². The maximum atomic E-state index is 13.0. The van der Waals surface area contributed by atoms with Crippen molar-refractivity contribution in [3.8, 4) is 0 Å². The Hall–Kier alpha value is -1.67. The van der Waals surface area contributed by atoms with Gasteiger partial charge in [-0.05, 0) is 36.2 Å². The first kappa shape index (κ1) is 12.4. The third-order valence-electron chi connectivity index (χ3n) is 3.76. The van der Waals surface area contributed by atoms with Gasteiger partial charge in [-0.2, -0.15) is 0 Å². The summed E-state index contributed by atoms with van der Waals surface area (Å²) in [6, 6.07) is 18.3. The molecule has 0 amide bonds. The van der Waals surface area contributed by atoms with E-state index in [1.807, 2.05) is 18.2 Å². The first-order valence-corrected chi connectivity index (χ1v) is 6.87. The van der Waals surface area contributed by atoms with Gasteiger partial charge in [-0.15, -0.1) is 0 Å². The number of halogens is 1. The molecule has 0 saturated carbocycles. The predicted octanol–water partition coefficient (Wildman–Crippen LogP) is 4.33. The first-order chi connectivity index (χ1) is 9.31. The van der Waals surface area contributed by atoms with E-state index in [9.17, 15) is 4.39 Å². The number of hydrogen-bond acceptors (Lipinski definition) is 1. The zero-order chi connectivity index (χ0) is 13.2. The van der Waals surface area contributed by atoms with Crippen molar-refractivity contribution in [1.82, 2.24) is 4.90 Å². The minimum atomic E-state index is -0.164. The molecular weight excluding hydrogens is 237 g/mol. The van der Waals surface area contributed by atoms with E-state index in [0.717, 1.165) is 13.0 Å². The lowest BCUT2D eigenvalue weighted by atomic mass is 10.0. The standard InChI is InChI=1S/C17H18FN/c1-2-12-19-16(13-6-4-3-5-7-13)17(19)14-8-10-15(18)11-9-14/h3-11,16-17H,2,12H2,1H3/t16-,17+,19?/m1/s1. The van der Waals surface area contributed by atoms with Crippen molar-refractivity contribution in [2.75, 3.05) is 6.54 Å². The zero-order valence-electron chi connectivity index (χ0n) is 11.1. The molecule has 2 aromatic rings. The van der Waals surface area contributed by atoms with Gasteiger partial charge in [0.2, 0.25) is 0 Å². The van der Waals surface area contributed by atoms with Gasteiger partial charge >= 0.3 is 0 Å². The maximum Gasteiger partial charge on any atom is 0.123 e. The molecule has 0 aliphatic carbocycles. The molecule has 0 bridgehead atoms. The van der Waals surface area contributed by atoms with E-state index in [1.54, 1.807) is 12.1 Å². The van der Waals surface area contributed by atoms with Gasteiger partial charge in [0.15, 0.2) is 0 Å². The number of nitrogens with zero attached hydrogens (tertiary/aromatic N) is 1. The molecule has 1 fully saturated rings. The van der Waals surface area contributed by atoms with Crippen molar-refractivity contribution in [3.63, 3.8) is 0 Å². The van der Waals surface area contributed by atoms with Crippen LogP contribution in [0.1, 0.15) is 36.6 Å². The van der Waals surface area contributed by atoms with Crippen molar-refractivity contribution in [2.24, 2.45) is 0 Å². The summed E-state index contributed by atoms with van der Waals surface area (Å²) in [4.78, 5) is 2.47. The number of benzene rings is 2. The molecule has 2 aromatic carbocycles. The normalized spacial score (nSPS) is 25.3. The van der Waals surface area contributed by atoms with E-state index in [0.29, 0.717) is 12.1 Å². The summed E-state index contributed by atoms with van der Waals surface area (Å²) < 4.78 is 13.0. The SMILES string of the molecule is CCCN1[C@H](c2ccccc2)[C@@H]1c1ccc(F)cc1. The summed E-state index contributed by atoms with van der Waals surface area (Å²) in [5.74, 6) is -0.164. The second-order valence-corrected chi connectivity index (χ2v) is 5.09.